The predicted octanol–water partition coefficient (Wildman–Crippen LogP) is 4.86. The molecule has 0 radical (unpaired) electrons. The topological polar surface area (TPSA) is 35.6 Å². The van der Waals surface area contributed by atoms with Gasteiger partial charge in [0.25, 0.3) is 0 Å². The number of fused-ring (bicyclic) bond motifs is 1. The number of rotatable bonds is 5. The number of carbonyl (C=O) groups is 1. The lowest BCUT2D eigenvalue weighted by molar-refractivity contribution is -0.137. The van der Waals surface area contributed by atoms with Crippen LogP contribution in [0.4, 0.5) is 28.9 Å². The molecule has 2 aromatic rings. The van der Waals surface area contributed by atoms with Crippen LogP contribution in [0, 0.1) is 5.82 Å². The van der Waals surface area contributed by atoms with E-state index in [-0.39, 0.29) is 22.7 Å². The molecular weight excluding hydrogens is 430 g/mol. The van der Waals surface area contributed by atoms with Crippen LogP contribution in [-0.2, 0) is 11.0 Å². The number of nitrogens with zero attached hydrogens (tertiary/aromatic N) is 2. The fourth-order valence-corrected chi connectivity index (χ4v) is 5.04. The highest BCUT2D eigenvalue weighted by Gasteiger charge is 2.33. The first-order valence-corrected chi connectivity index (χ1v) is 11.1. The summed E-state index contributed by atoms with van der Waals surface area (Å²) in [5.74, 6) is -0.478. The Morgan fingerprint density at radius 2 is 1.74 bits per heavy atom. The highest BCUT2D eigenvalue weighted by molar-refractivity contribution is 8.01. The summed E-state index contributed by atoms with van der Waals surface area (Å²) in [6.07, 6.45) is -2.94. The lowest BCUT2D eigenvalue weighted by atomic mass is 10.1. The molecule has 0 aliphatic carbocycles. The molecule has 166 valence electrons. The van der Waals surface area contributed by atoms with Gasteiger partial charge in [-0.15, -0.1) is 11.8 Å². The number of nitrogens with one attached hydrogen (secondary N) is 1. The first kappa shape index (κ1) is 22.0. The molecule has 31 heavy (non-hydrogen) atoms. The van der Waals surface area contributed by atoms with E-state index in [0.29, 0.717) is 11.3 Å². The van der Waals surface area contributed by atoms with Crippen molar-refractivity contribution < 1.29 is 22.4 Å². The molecule has 0 saturated carbocycles. The van der Waals surface area contributed by atoms with Gasteiger partial charge in [0.1, 0.15) is 5.82 Å². The van der Waals surface area contributed by atoms with Gasteiger partial charge >= 0.3 is 6.18 Å². The maximum atomic E-state index is 13.1. The van der Waals surface area contributed by atoms with Crippen LogP contribution >= 0.6 is 11.8 Å². The Bertz CT molecular complexity index is 927. The van der Waals surface area contributed by atoms with Gasteiger partial charge in [-0.3, -0.25) is 9.69 Å². The minimum absolute atomic E-state index is 0.234. The standard InChI is InChI=1S/C22H23F4N3OS/c23-16-4-6-17(7-5-16)29-12-10-28(11-13-29)9-1-2-20-21(30)27-18-14-15(22(24,25)26)3-8-19(18)31-20/h3-8,14,20H,1-2,9-13H2,(H,27,30). The van der Waals surface area contributed by atoms with Gasteiger partial charge in [0, 0.05) is 36.8 Å². The number of anilines is 2. The summed E-state index contributed by atoms with van der Waals surface area (Å²) in [5.41, 5.74) is 0.493. The number of thioether (sulfide) groups is 1. The van der Waals surface area contributed by atoms with Gasteiger partial charge in [0.2, 0.25) is 5.91 Å². The van der Waals surface area contributed by atoms with Gasteiger partial charge in [0.15, 0.2) is 0 Å². The van der Waals surface area contributed by atoms with Crippen molar-refractivity contribution in [2.75, 3.05) is 42.9 Å². The van der Waals surface area contributed by atoms with Crippen molar-refractivity contribution in [1.29, 1.82) is 0 Å². The minimum atomic E-state index is -4.43. The molecule has 0 spiro atoms. The zero-order valence-corrected chi connectivity index (χ0v) is 17.6. The Labute approximate surface area is 182 Å². The third kappa shape index (κ3) is 5.33. The highest BCUT2D eigenvalue weighted by Crippen LogP contribution is 2.40. The van der Waals surface area contributed by atoms with E-state index in [1.54, 1.807) is 12.1 Å². The van der Waals surface area contributed by atoms with Gasteiger partial charge in [-0.05, 0) is 61.9 Å². The molecule has 2 aliphatic heterocycles. The maximum Gasteiger partial charge on any atom is 0.416 e. The van der Waals surface area contributed by atoms with E-state index in [2.05, 4.69) is 15.1 Å². The van der Waals surface area contributed by atoms with E-state index < -0.39 is 11.7 Å². The molecule has 0 bridgehead atoms. The molecular formula is C22H23F4N3OS. The predicted molar refractivity (Wildman–Crippen MR) is 114 cm³/mol. The van der Waals surface area contributed by atoms with Crippen LogP contribution in [0.1, 0.15) is 18.4 Å². The molecule has 2 aromatic carbocycles. The largest absolute Gasteiger partial charge is 0.416 e. The molecule has 1 fully saturated rings. The second-order valence-electron chi connectivity index (χ2n) is 7.75. The van der Waals surface area contributed by atoms with Crippen LogP contribution < -0.4 is 10.2 Å². The van der Waals surface area contributed by atoms with Crippen LogP contribution in [-0.4, -0.2) is 48.8 Å². The molecule has 4 nitrogen and oxygen atoms in total. The summed E-state index contributed by atoms with van der Waals surface area (Å²) in [6.45, 7) is 4.37. The Hall–Kier alpha value is -2.26. The van der Waals surface area contributed by atoms with Gasteiger partial charge < -0.3 is 10.2 Å². The SMILES string of the molecule is O=C1Nc2cc(C(F)(F)F)ccc2SC1CCCN1CCN(c2ccc(F)cc2)CC1. The smallest absolute Gasteiger partial charge is 0.369 e. The normalized spacial score (nSPS) is 19.8. The quantitative estimate of drug-likeness (QED) is 0.656. The molecule has 1 amide bonds. The summed E-state index contributed by atoms with van der Waals surface area (Å²) in [6, 6.07) is 10.0. The molecule has 1 atom stereocenters. The summed E-state index contributed by atoms with van der Waals surface area (Å²) in [7, 11) is 0. The molecule has 1 saturated heterocycles. The number of alkyl halides is 3. The summed E-state index contributed by atoms with van der Waals surface area (Å²) in [4.78, 5) is 17.6. The second kappa shape index (κ2) is 9.08. The fraction of sp³-hybridized carbons (Fsp3) is 0.409. The highest BCUT2D eigenvalue weighted by atomic mass is 32.2. The maximum absolute atomic E-state index is 13.1. The number of carbonyl (C=O) groups excluding carboxylic acids is 1. The van der Waals surface area contributed by atoms with Crippen LogP contribution in [0.3, 0.4) is 0 Å². The monoisotopic (exact) mass is 453 g/mol. The molecule has 1 unspecified atom stereocenters. The minimum Gasteiger partial charge on any atom is -0.369 e. The van der Waals surface area contributed by atoms with Crippen molar-refractivity contribution in [3.05, 3.63) is 53.8 Å². The van der Waals surface area contributed by atoms with Crippen molar-refractivity contribution in [1.82, 2.24) is 4.90 Å². The van der Waals surface area contributed by atoms with Crippen LogP contribution in [0.5, 0.6) is 0 Å². The van der Waals surface area contributed by atoms with Crippen molar-refractivity contribution in [2.45, 2.75) is 29.2 Å². The Kier molecular flexibility index (Phi) is 6.43. The number of halogens is 4. The van der Waals surface area contributed by atoms with E-state index in [1.165, 1.54) is 30.0 Å². The average molecular weight is 454 g/mol. The number of piperazine rings is 1. The first-order valence-electron chi connectivity index (χ1n) is 10.2. The third-order valence-electron chi connectivity index (χ3n) is 5.63. The second-order valence-corrected chi connectivity index (χ2v) is 9.00. The molecule has 9 heteroatoms. The van der Waals surface area contributed by atoms with Crippen molar-refractivity contribution in [2.24, 2.45) is 0 Å². The first-order chi connectivity index (χ1) is 14.8. The van der Waals surface area contributed by atoms with E-state index in [4.69, 9.17) is 0 Å². The van der Waals surface area contributed by atoms with Gasteiger partial charge in [0.05, 0.1) is 16.5 Å². The molecule has 4 rings (SSSR count). The summed E-state index contributed by atoms with van der Waals surface area (Å²) in [5, 5.41) is 2.33. The third-order valence-corrected chi connectivity index (χ3v) is 6.98. The molecule has 2 heterocycles. The fourth-order valence-electron chi connectivity index (χ4n) is 3.90. The Morgan fingerprint density at radius 3 is 2.42 bits per heavy atom. The van der Waals surface area contributed by atoms with E-state index in [1.807, 2.05) is 0 Å². The van der Waals surface area contributed by atoms with Crippen molar-refractivity contribution >= 4 is 29.0 Å². The zero-order valence-electron chi connectivity index (χ0n) is 16.8. The van der Waals surface area contributed by atoms with Crippen molar-refractivity contribution in [3.63, 3.8) is 0 Å². The number of hydrogen-bond acceptors (Lipinski definition) is 4. The van der Waals surface area contributed by atoms with Gasteiger partial charge in [-0.1, -0.05) is 0 Å². The average Bonchev–Trinajstić information content (AvgIpc) is 2.74. The molecule has 0 aromatic heterocycles. The lowest BCUT2D eigenvalue weighted by Crippen LogP contribution is -2.46. The van der Waals surface area contributed by atoms with Crippen LogP contribution in [0.15, 0.2) is 47.4 Å². The van der Waals surface area contributed by atoms with Crippen LogP contribution in [0.2, 0.25) is 0 Å². The Balaban J connectivity index is 1.24. The van der Waals surface area contributed by atoms with E-state index in [9.17, 15) is 22.4 Å². The van der Waals surface area contributed by atoms with E-state index >= 15 is 0 Å². The van der Waals surface area contributed by atoms with Gasteiger partial charge in [-0.2, -0.15) is 13.2 Å². The summed E-state index contributed by atoms with van der Waals surface area (Å²) >= 11 is 1.33. The lowest BCUT2D eigenvalue weighted by Gasteiger charge is -2.36. The number of benzene rings is 2. The van der Waals surface area contributed by atoms with Gasteiger partial charge in [-0.25, -0.2) is 4.39 Å². The van der Waals surface area contributed by atoms with E-state index in [0.717, 1.165) is 57.0 Å². The van der Waals surface area contributed by atoms with Crippen molar-refractivity contribution in [3.8, 4) is 0 Å². The molecule has 1 N–H and O–H groups in total. The molecule has 2 aliphatic rings. The van der Waals surface area contributed by atoms with Crippen LogP contribution in [0.25, 0.3) is 0 Å². The number of amides is 1. The zero-order chi connectivity index (χ0) is 22.0. The number of hydrogen-bond donors (Lipinski definition) is 1. The Morgan fingerprint density at radius 1 is 1.03 bits per heavy atom. The summed E-state index contributed by atoms with van der Waals surface area (Å²) < 4.78 is 51.7.